The highest BCUT2D eigenvalue weighted by atomic mass is 16.5. The first-order chi connectivity index (χ1) is 7.81. The number of esters is 1. The van der Waals surface area contributed by atoms with Gasteiger partial charge in [-0.05, 0) is 48.9 Å². The monoisotopic (exact) mass is 218 g/mol. The summed E-state index contributed by atoms with van der Waals surface area (Å²) in [5.41, 5.74) is 3.43. The van der Waals surface area contributed by atoms with Gasteiger partial charge in [-0.1, -0.05) is 18.9 Å². The Morgan fingerprint density at radius 2 is 1.75 bits per heavy atom. The van der Waals surface area contributed by atoms with Crippen molar-refractivity contribution in [1.29, 1.82) is 0 Å². The van der Waals surface area contributed by atoms with Gasteiger partial charge in [-0.15, -0.1) is 0 Å². The average Bonchev–Trinajstić information content (AvgIpc) is 2.28. The summed E-state index contributed by atoms with van der Waals surface area (Å²) in [5.74, 6) is -0.232. The second-order valence-corrected chi connectivity index (χ2v) is 4.39. The summed E-state index contributed by atoms with van der Waals surface area (Å²) >= 11 is 0. The Morgan fingerprint density at radius 1 is 1.06 bits per heavy atom. The molecule has 86 valence electrons. The van der Waals surface area contributed by atoms with Crippen LogP contribution in [0.5, 0.6) is 0 Å². The highest BCUT2D eigenvalue weighted by molar-refractivity contribution is 5.89. The first-order valence-electron chi connectivity index (χ1n) is 6.01. The number of ether oxygens (including phenoxy) is 1. The van der Waals surface area contributed by atoms with Crippen LogP contribution in [0.25, 0.3) is 0 Å². The number of carbonyl (C=O) groups excluding carboxylic acids is 1. The fourth-order valence-corrected chi connectivity index (χ4v) is 2.33. The molecule has 1 aliphatic carbocycles. The van der Waals surface area contributed by atoms with Crippen molar-refractivity contribution in [3.8, 4) is 0 Å². The molecule has 0 N–H and O–H groups in total. The van der Waals surface area contributed by atoms with E-state index in [1.807, 2.05) is 12.1 Å². The third-order valence-corrected chi connectivity index (χ3v) is 3.27. The Labute approximate surface area is 96.6 Å². The largest absolute Gasteiger partial charge is 0.465 e. The van der Waals surface area contributed by atoms with Crippen LogP contribution in [0.1, 0.15) is 47.2 Å². The van der Waals surface area contributed by atoms with Crippen molar-refractivity contribution < 1.29 is 9.53 Å². The number of hydrogen-bond acceptors (Lipinski definition) is 2. The van der Waals surface area contributed by atoms with Crippen LogP contribution in [0.15, 0.2) is 18.2 Å². The molecule has 1 aromatic carbocycles. The molecule has 0 unspecified atom stereocenters. The fraction of sp³-hybridized carbons (Fsp3) is 0.500. The molecule has 0 spiro atoms. The zero-order valence-electron chi connectivity index (χ0n) is 9.79. The van der Waals surface area contributed by atoms with Crippen LogP contribution in [0, 0.1) is 0 Å². The highest BCUT2D eigenvalue weighted by Crippen LogP contribution is 2.21. The van der Waals surface area contributed by atoms with E-state index in [4.69, 9.17) is 4.74 Å². The molecule has 0 radical (unpaired) electrons. The van der Waals surface area contributed by atoms with Gasteiger partial charge in [0.05, 0.1) is 12.7 Å². The third kappa shape index (κ3) is 2.43. The van der Waals surface area contributed by atoms with Gasteiger partial charge in [0.25, 0.3) is 0 Å². The number of benzene rings is 1. The van der Waals surface area contributed by atoms with Crippen molar-refractivity contribution >= 4 is 5.97 Å². The van der Waals surface area contributed by atoms with Gasteiger partial charge in [0.15, 0.2) is 0 Å². The fourth-order valence-electron chi connectivity index (χ4n) is 2.33. The molecule has 16 heavy (non-hydrogen) atoms. The van der Waals surface area contributed by atoms with E-state index >= 15 is 0 Å². The highest BCUT2D eigenvalue weighted by Gasteiger charge is 2.11. The summed E-state index contributed by atoms with van der Waals surface area (Å²) < 4.78 is 4.74. The Balaban J connectivity index is 2.28. The first kappa shape index (κ1) is 11.2. The van der Waals surface area contributed by atoms with Crippen molar-refractivity contribution in [2.45, 2.75) is 38.5 Å². The Kier molecular flexibility index (Phi) is 3.60. The molecule has 2 heteroatoms. The van der Waals surface area contributed by atoms with Crippen LogP contribution in [-0.2, 0) is 17.6 Å². The zero-order valence-corrected chi connectivity index (χ0v) is 9.79. The zero-order chi connectivity index (χ0) is 11.4. The summed E-state index contributed by atoms with van der Waals surface area (Å²) in [6.07, 6.45) is 7.39. The van der Waals surface area contributed by atoms with Gasteiger partial charge < -0.3 is 4.74 Å². The van der Waals surface area contributed by atoms with Crippen LogP contribution >= 0.6 is 0 Å². The number of aryl methyl sites for hydroxylation is 2. The predicted octanol–water partition coefficient (Wildman–Crippen LogP) is 3.13. The quantitative estimate of drug-likeness (QED) is 0.677. The van der Waals surface area contributed by atoms with Gasteiger partial charge in [0.1, 0.15) is 0 Å². The van der Waals surface area contributed by atoms with E-state index < -0.39 is 0 Å². The molecule has 2 nitrogen and oxygen atoms in total. The summed E-state index contributed by atoms with van der Waals surface area (Å²) in [6.45, 7) is 0. The summed E-state index contributed by atoms with van der Waals surface area (Å²) in [5, 5.41) is 0. The molecule has 1 aliphatic rings. The lowest BCUT2D eigenvalue weighted by Crippen LogP contribution is -2.05. The molecule has 0 amide bonds. The van der Waals surface area contributed by atoms with Gasteiger partial charge >= 0.3 is 5.97 Å². The summed E-state index contributed by atoms with van der Waals surface area (Å²) in [6, 6.07) is 5.98. The summed E-state index contributed by atoms with van der Waals surface area (Å²) in [4.78, 5) is 11.4. The number of rotatable bonds is 1. The Bertz CT molecular complexity index is 382. The van der Waals surface area contributed by atoms with Crippen molar-refractivity contribution in [1.82, 2.24) is 0 Å². The molecule has 0 aromatic heterocycles. The topological polar surface area (TPSA) is 26.3 Å². The average molecular weight is 218 g/mol. The normalized spacial score (nSPS) is 15.8. The van der Waals surface area contributed by atoms with E-state index in [9.17, 15) is 4.79 Å². The van der Waals surface area contributed by atoms with Crippen molar-refractivity contribution in [3.05, 3.63) is 34.9 Å². The SMILES string of the molecule is COC(=O)c1ccc2c(c1)CCCCCC2. The smallest absolute Gasteiger partial charge is 0.337 e. The molecule has 0 atom stereocenters. The van der Waals surface area contributed by atoms with Crippen LogP contribution in [0.4, 0.5) is 0 Å². The van der Waals surface area contributed by atoms with Gasteiger partial charge in [-0.2, -0.15) is 0 Å². The minimum Gasteiger partial charge on any atom is -0.465 e. The molecule has 1 aromatic rings. The minimum absolute atomic E-state index is 0.232. The second-order valence-electron chi connectivity index (χ2n) is 4.39. The van der Waals surface area contributed by atoms with Gasteiger partial charge in [0, 0.05) is 0 Å². The van der Waals surface area contributed by atoms with E-state index in [0.29, 0.717) is 5.56 Å². The Morgan fingerprint density at radius 3 is 2.44 bits per heavy atom. The molecule has 0 saturated heterocycles. The lowest BCUT2D eigenvalue weighted by Gasteiger charge is -2.14. The number of methoxy groups -OCH3 is 1. The molecule has 0 heterocycles. The van der Waals surface area contributed by atoms with E-state index in [1.165, 1.54) is 43.9 Å². The molecular formula is C14H18O2. The molecule has 0 bridgehead atoms. The molecule has 0 aliphatic heterocycles. The van der Waals surface area contributed by atoms with Crippen LogP contribution < -0.4 is 0 Å². The van der Waals surface area contributed by atoms with Crippen LogP contribution in [0.2, 0.25) is 0 Å². The lowest BCUT2D eigenvalue weighted by atomic mass is 9.92. The number of hydrogen-bond donors (Lipinski definition) is 0. The van der Waals surface area contributed by atoms with Gasteiger partial charge in [0.2, 0.25) is 0 Å². The van der Waals surface area contributed by atoms with Crippen LogP contribution in [-0.4, -0.2) is 13.1 Å². The van der Waals surface area contributed by atoms with E-state index in [-0.39, 0.29) is 5.97 Å². The van der Waals surface area contributed by atoms with Gasteiger partial charge in [-0.3, -0.25) is 0 Å². The van der Waals surface area contributed by atoms with E-state index in [1.54, 1.807) is 0 Å². The van der Waals surface area contributed by atoms with E-state index in [2.05, 4.69) is 6.07 Å². The summed E-state index contributed by atoms with van der Waals surface area (Å²) in [7, 11) is 1.43. The standard InChI is InChI=1S/C14H18O2/c1-16-14(15)13-9-8-11-6-4-2-3-5-7-12(11)10-13/h8-10H,2-7H2,1H3. The van der Waals surface area contributed by atoms with Crippen LogP contribution in [0.3, 0.4) is 0 Å². The second kappa shape index (κ2) is 5.15. The number of carbonyl (C=O) groups is 1. The third-order valence-electron chi connectivity index (χ3n) is 3.27. The molecule has 2 rings (SSSR count). The lowest BCUT2D eigenvalue weighted by molar-refractivity contribution is 0.0600. The van der Waals surface area contributed by atoms with Crippen molar-refractivity contribution in [2.75, 3.05) is 7.11 Å². The maximum Gasteiger partial charge on any atom is 0.337 e. The first-order valence-corrected chi connectivity index (χ1v) is 6.01. The maximum absolute atomic E-state index is 11.4. The number of fused-ring (bicyclic) bond motifs is 1. The predicted molar refractivity (Wildman–Crippen MR) is 63.7 cm³/mol. The molecule has 0 saturated carbocycles. The molecular weight excluding hydrogens is 200 g/mol. The van der Waals surface area contributed by atoms with Crippen molar-refractivity contribution in [2.24, 2.45) is 0 Å². The Hall–Kier alpha value is -1.31. The van der Waals surface area contributed by atoms with E-state index in [0.717, 1.165) is 12.8 Å². The van der Waals surface area contributed by atoms with Gasteiger partial charge in [-0.25, -0.2) is 4.79 Å². The maximum atomic E-state index is 11.4. The molecule has 0 fully saturated rings. The minimum atomic E-state index is -0.232. The van der Waals surface area contributed by atoms with Crippen molar-refractivity contribution in [3.63, 3.8) is 0 Å².